The van der Waals surface area contributed by atoms with Crippen molar-refractivity contribution in [2.75, 3.05) is 13.1 Å². The summed E-state index contributed by atoms with van der Waals surface area (Å²) in [5.74, 6) is 1.89. The lowest BCUT2D eigenvalue weighted by Gasteiger charge is -2.10. The van der Waals surface area contributed by atoms with Gasteiger partial charge in [0.05, 0.1) is 17.2 Å². The maximum absolute atomic E-state index is 5.91. The number of aromatic nitrogens is 3. The van der Waals surface area contributed by atoms with Crippen molar-refractivity contribution < 1.29 is 4.52 Å². The molecule has 1 aromatic carbocycles. The molecule has 0 bridgehead atoms. The third-order valence-corrected chi connectivity index (χ3v) is 5.24. The number of nitrogens with zero attached hydrogens (tertiary/aromatic N) is 4. The molecule has 0 fully saturated rings. The number of halogens is 1. The van der Waals surface area contributed by atoms with Crippen molar-refractivity contribution in [3.8, 4) is 11.4 Å². The van der Waals surface area contributed by atoms with E-state index >= 15 is 0 Å². The van der Waals surface area contributed by atoms with Gasteiger partial charge in [0.15, 0.2) is 5.96 Å². The van der Waals surface area contributed by atoms with Gasteiger partial charge in [0.25, 0.3) is 0 Å². The molecule has 0 atom stereocenters. The summed E-state index contributed by atoms with van der Waals surface area (Å²) in [5, 5.41) is 12.3. The molecule has 0 unspecified atom stereocenters. The van der Waals surface area contributed by atoms with Gasteiger partial charge in [-0.25, -0.2) is 9.98 Å². The van der Waals surface area contributed by atoms with Crippen LogP contribution in [0.25, 0.3) is 11.4 Å². The van der Waals surface area contributed by atoms with Crippen LogP contribution in [0.4, 0.5) is 0 Å². The van der Waals surface area contributed by atoms with Crippen molar-refractivity contribution in [3.63, 3.8) is 0 Å². The van der Waals surface area contributed by atoms with E-state index in [0.29, 0.717) is 36.2 Å². The first kappa shape index (κ1) is 20.3. The Balaban J connectivity index is 1.55. The molecular weight excluding hydrogens is 396 g/mol. The quantitative estimate of drug-likeness (QED) is 0.448. The number of rotatable bonds is 7. The van der Waals surface area contributed by atoms with Gasteiger partial charge < -0.3 is 15.2 Å². The zero-order valence-electron chi connectivity index (χ0n) is 16.1. The first-order valence-electron chi connectivity index (χ1n) is 9.08. The van der Waals surface area contributed by atoms with E-state index in [1.807, 2.05) is 32.9 Å². The van der Waals surface area contributed by atoms with Gasteiger partial charge in [0, 0.05) is 35.0 Å². The molecule has 0 amide bonds. The summed E-state index contributed by atoms with van der Waals surface area (Å²) < 4.78 is 5.34. The van der Waals surface area contributed by atoms with Gasteiger partial charge in [-0.3, -0.25) is 0 Å². The number of hydrogen-bond donors (Lipinski definition) is 2. The summed E-state index contributed by atoms with van der Waals surface area (Å²) in [7, 11) is 0. The molecule has 148 valence electrons. The minimum Gasteiger partial charge on any atom is -0.357 e. The van der Waals surface area contributed by atoms with E-state index in [4.69, 9.17) is 16.1 Å². The van der Waals surface area contributed by atoms with E-state index in [0.717, 1.165) is 28.8 Å². The Bertz CT molecular complexity index is 934. The van der Waals surface area contributed by atoms with E-state index < -0.39 is 0 Å². The normalized spacial score (nSPS) is 11.6. The third kappa shape index (κ3) is 5.53. The van der Waals surface area contributed by atoms with Gasteiger partial charge in [0.1, 0.15) is 0 Å². The van der Waals surface area contributed by atoms with Crippen LogP contribution < -0.4 is 10.6 Å². The van der Waals surface area contributed by atoms with Crippen LogP contribution in [0.15, 0.2) is 33.8 Å². The summed E-state index contributed by atoms with van der Waals surface area (Å²) in [5.41, 5.74) is 1.92. The maximum atomic E-state index is 5.91. The van der Waals surface area contributed by atoms with Crippen LogP contribution in [-0.4, -0.2) is 34.2 Å². The lowest BCUT2D eigenvalue weighted by atomic mass is 10.2. The summed E-state index contributed by atoms with van der Waals surface area (Å²) >= 11 is 7.59. The summed E-state index contributed by atoms with van der Waals surface area (Å²) in [6.07, 6.45) is 0.601. The third-order valence-electron chi connectivity index (χ3n) is 3.93. The van der Waals surface area contributed by atoms with Gasteiger partial charge in [-0.2, -0.15) is 4.98 Å². The Morgan fingerprint density at radius 3 is 2.64 bits per heavy atom. The highest BCUT2D eigenvalue weighted by atomic mass is 35.5. The monoisotopic (exact) mass is 418 g/mol. The molecule has 0 spiro atoms. The van der Waals surface area contributed by atoms with Gasteiger partial charge in [-0.15, -0.1) is 11.3 Å². The fourth-order valence-electron chi connectivity index (χ4n) is 2.57. The molecule has 0 saturated carbocycles. The summed E-state index contributed by atoms with van der Waals surface area (Å²) in [6.45, 7) is 8.09. The highest BCUT2D eigenvalue weighted by Crippen LogP contribution is 2.19. The Labute approximate surface area is 173 Å². The van der Waals surface area contributed by atoms with Gasteiger partial charge in [-0.05, 0) is 45.0 Å². The van der Waals surface area contributed by atoms with Gasteiger partial charge >= 0.3 is 0 Å². The molecule has 2 aromatic heterocycles. The molecule has 9 heteroatoms. The number of nitrogens with one attached hydrogen (secondary N) is 2. The van der Waals surface area contributed by atoms with Crippen molar-refractivity contribution >= 4 is 28.9 Å². The lowest BCUT2D eigenvalue weighted by molar-refractivity contribution is 0.378. The van der Waals surface area contributed by atoms with Crippen LogP contribution in [0.2, 0.25) is 5.02 Å². The zero-order valence-corrected chi connectivity index (χ0v) is 17.7. The topological polar surface area (TPSA) is 88.2 Å². The molecule has 3 aromatic rings. The minimum absolute atomic E-state index is 0.559. The lowest BCUT2D eigenvalue weighted by Crippen LogP contribution is -2.38. The van der Waals surface area contributed by atoms with E-state index in [2.05, 4.69) is 30.8 Å². The highest BCUT2D eigenvalue weighted by molar-refractivity contribution is 7.11. The largest absolute Gasteiger partial charge is 0.357 e. The van der Waals surface area contributed by atoms with E-state index in [1.54, 1.807) is 23.5 Å². The highest BCUT2D eigenvalue weighted by Gasteiger charge is 2.09. The molecule has 2 heterocycles. The van der Waals surface area contributed by atoms with Crippen LogP contribution in [0.5, 0.6) is 0 Å². The van der Waals surface area contributed by atoms with Crippen LogP contribution in [0.3, 0.4) is 0 Å². The number of benzene rings is 1. The summed E-state index contributed by atoms with van der Waals surface area (Å²) in [4.78, 5) is 14.7. The second-order valence-electron chi connectivity index (χ2n) is 6.13. The number of hydrogen-bond acceptors (Lipinski definition) is 6. The van der Waals surface area contributed by atoms with Gasteiger partial charge in [-0.1, -0.05) is 16.8 Å². The zero-order chi connectivity index (χ0) is 19.9. The number of aliphatic imine (C=N–C) groups is 1. The van der Waals surface area contributed by atoms with Crippen molar-refractivity contribution in [2.45, 2.75) is 33.7 Å². The van der Waals surface area contributed by atoms with Crippen molar-refractivity contribution in [3.05, 3.63) is 50.8 Å². The minimum atomic E-state index is 0.559. The van der Waals surface area contributed by atoms with E-state index in [9.17, 15) is 0 Å². The Morgan fingerprint density at radius 1 is 1.18 bits per heavy atom. The standard InChI is InChI=1S/C19H23ClN6OS/c1-4-21-19(23-11-16-12(2)24-13(3)28-16)22-10-9-17-25-18(26-27-17)14-5-7-15(20)8-6-14/h5-8H,4,9-11H2,1-3H3,(H2,21,22,23). The summed E-state index contributed by atoms with van der Waals surface area (Å²) in [6, 6.07) is 7.35. The molecule has 0 radical (unpaired) electrons. The number of aryl methyl sites for hydroxylation is 2. The molecular formula is C19H23ClN6OS. The van der Waals surface area contributed by atoms with Crippen molar-refractivity contribution in [2.24, 2.45) is 4.99 Å². The molecule has 2 N–H and O–H groups in total. The molecule has 7 nitrogen and oxygen atoms in total. The van der Waals surface area contributed by atoms with Crippen LogP contribution in [-0.2, 0) is 13.0 Å². The SMILES string of the molecule is CCNC(=NCc1sc(C)nc1C)NCCc1nc(-c2ccc(Cl)cc2)no1. The molecule has 0 aliphatic rings. The van der Waals surface area contributed by atoms with Crippen LogP contribution in [0.1, 0.15) is 28.4 Å². The fourth-order valence-corrected chi connectivity index (χ4v) is 3.56. The average Bonchev–Trinajstić information content (AvgIpc) is 3.26. The van der Waals surface area contributed by atoms with E-state index in [1.165, 1.54) is 4.88 Å². The van der Waals surface area contributed by atoms with E-state index in [-0.39, 0.29) is 0 Å². The van der Waals surface area contributed by atoms with Gasteiger partial charge in [0.2, 0.25) is 11.7 Å². The van der Waals surface area contributed by atoms with Crippen molar-refractivity contribution in [1.82, 2.24) is 25.8 Å². The van der Waals surface area contributed by atoms with Crippen molar-refractivity contribution in [1.29, 1.82) is 0 Å². The Kier molecular flexibility index (Phi) is 7.00. The number of guanidine groups is 1. The molecule has 3 rings (SSSR count). The number of thiazole rings is 1. The fraction of sp³-hybridized carbons (Fsp3) is 0.368. The Morgan fingerprint density at radius 2 is 1.96 bits per heavy atom. The Hall–Kier alpha value is -2.45. The van der Waals surface area contributed by atoms with Crippen LogP contribution >= 0.6 is 22.9 Å². The maximum Gasteiger partial charge on any atom is 0.228 e. The average molecular weight is 419 g/mol. The molecule has 0 aliphatic carbocycles. The molecule has 0 saturated heterocycles. The predicted molar refractivity (Wildman–Crippen MR) is 113 cm³/mol. The smallest absolute Gasteiger partial charge is 0.228 e. The van der Waals surface area contributed by atoms with Crippen LogP contribution in [0, 0.1) is 13.8 Å². The molecule has 0 aliphatic heterocycles. The second-order valence-corrected chi connectivity index (χ2v) is 7.86. The predicted octanol–water partition coefficient (Wildman–Crippen LogP) is 3.76. The molecule has 28 heavy (non-hydrogen) atoms. The first-order chi connectivity index (χ1) is 13.5. The second kappa shape index (κ2) is 9.66. The first-order valence-corrected chi connectivity index (χ1v) is 10.3.